The zero-order valence-corrected chi connectivity index (χ0v) is 9.93. The van der Waals surface area contributed by atoms with Crippen molar-refractivity contribution in [2.45, 2.75) is 13.5 Å². The fourth-order valence-corrected chi connectivity index (χ4v) is 1.45. The van der Waals surface area contributed by atoms with Crippen molar-refractivity contribution in [3.05, 3.63) is 29.7 Å². The van der Waals surface area contributed by atoms with E-state index in [0.717, 1.165) is 6.39 Å². The molecule has 2 rings (SSSR count). The number of carboxylic acid groups (broad SMARTS) is 1. The van der Waals surface area contributed by atoms with Gasteiger partial charge in [-0.25, -0.2) is 9.59 Å². The normalized spacial score (nSPS) is 10.2. The first-order chi connectivity index (χ1) is 9.06. The van der Waals surface area contributed by atoms with Gasteiger partial charge in [0, 0.05) is 5.69 Å². The highest BCUT2D eigenvalue weighted by atomic mass is 16.5. The van der Waals surface area contributed by atoms with E-state index in [9.17, 15) is 9.59 Å². The summed E-state index contributed by atoms with van der Waals surface area (Å²) < 4.78 is 4.50. The fraction of sp³-hybridized carbons (Fsp3) is 0.200. The van der Waals surface area contributed by atoms with Gasteiger partial charge in [-0.05, 0) is 13.0 Å². The Kier molecular flexibility index (Phi) is 3.46. The highest BCUT2D eigenvalue weighted by Gasteiger charge is 2.15. The van der Waals surface area contributed by atoms with Crippen LogP contribution < -0.4 is 10.6 Å². The zero-order chi connectivity index (χ0) is 13.8. The van der Waals surface area contributed by atoms with E-state index >= 15 is 0 Å². The van der Waals surface area contributed by atoms with Crippen LogP contribution in [-0.2, 0) is 6.54 Å². The monoisotopic (exact) mass is 265 g/mol. The molecule has 0 saturated heterocycles. The molecule has 4 N–H and O–H groups in total. The number of hydrogen-bond acceptors (Lipinski definition) is 5. The lowest BCUT2D eigenvalue weighted by Crippen LogP contribution is -2.29. The van der Waals surface area contributed by atoms with Gasteiger partial charge in [-0.2, -0.15) is 4.98 Å². The standard InChI is InChI=1S/C10H11N5O4/c1-5-2-6(8(13-5)9(16)17)14-10(18)11-3-7-12-4-19-15-7/h2,4,13H,3H2,1H3,(H,16,17)(H2,11,14,18). The first-order valence-electron chi connectivity index (χ1n) is 5.29. The molecule has 0 fully saturated rings. The van der Waals surface area contributed by atoms with Crippen molar-refractivity contribution >= 4 is 17.7 Å². The second kappa shape index (κ2) is 5.21. The fourth-order valence-electron chi connectivity index (χ4n) is 1.45. The molecule has 0 aromatic carbocycles. The van der Waals surface area contributed by atoms with Crippen LogP contribution in [0.1, 0.15) is 22.0 Å². The number of carboxylic acids is 1. The minimum Gasteiger partial charge on any atom is -0.477 e. The number of nitrogens with zero attached hydrogens (tertiary/aromatic N) is 2. The predicted octanol–water partition coefficient (Wildman–Crippen LogP) is 0.726. The van der Waals surface area contributed by atoms with E-state index in [4.69, 9.17) is 5.11 Å². The van der Waals surface area contributed by atoms with Crippen molar-refractivity contribution < 1.29 is 19.2 Å². The number of carbonyl (C=O) groups is 2. The van der Waals surface area contributed by atoms with Gasteiger partial charge < -0.3 is 25.2 Å². The largest absolute Gasteiger partial charge is 0.477 e. The predicted molar refractivity (Wildman–Crippen MR) is 62.6 cm³/mol. The molecule has 0 radical (unpaired) electrons. The van der Waals surface area contributed by atoms with E-state index in [1.165, 1.54) is 6.07 Å². The Hall–Kier alpha value is -2.84. The number of anilines is 1. The molecule has 2 amide bonds. The van der Waals surface area contributed by atoms with E-state index < -0.39 is 12.0 Å². The molecule has 2 heterocycles. The van der Waals surface area contributed by atoms with Crippen LogP contribution in [0.2, 0.25) is 0 Å². The van der Waals surface area contributed by atoms with E-state index in [-0.39, 0.29) is 17.9 Å². The van der Waals surface area contributed by atoms with Crippen LogP contribution in [-0.4, -0.2) is 32.2 Å². The summed E-state index contributed by atoms with van der Waals surface area (Å²) in [5.41, 5.74) is 0.744. The Morgan fingerprint density at radius 1 is 1.53 bits per heavy atom. The molecule has 9 heteroatoms. The third-order valence-corrected chi connectivity index (χ3v) is 2.23. The number of aryl methyl sites for hydroxylation is 1. The number of aromatic carboxylic acids is 1. The molecule has 0 spiro atoms. The Bertz CT molecular complexity index is 589. The number of aromatic nitrogens is 3. The summed E-state index contributed by atoms with van der Waals surface area (Å²) in [5.74, 6) is -0.833. The highest BCUT2D eigenvalue weighted by Crippen LogP contribution is 2.16. The van der Waals surface area contributed by atoms with E-state index in [2.05, 4.69) is 30.3 Å². The van der Waals surface area contributed by atoms with Crippen molar-refractivity contribution in [3.63, 3.8) is 0 Å². The molecule has 100 valence electrons. The molecule has 19 heavy (non-hydrogen) atoms. The highest BCUT2D eigenvalue weighted by molar-refractivity contribution is 5.99. The van der Waals surface area contributed by atoms with Gasteiger partial charge in [-0.1, -0.05) is 5.16 Å². The van der Waals surface area contributed by atoms with Crippen LogP contribution in [0, 0.1) is 6.92 Å². The summed E-state index contributed by atoms with van der Waals surface area (Å²) in [7, 11) is 0. The van der Waals surface area contributed by atoms with Gasteiger partial charge in [0.15, 0.2) is 5.82 Å². The third kappa shape index (κ3) is 3.09. The summed E-state index contributed by atoms with van der Waals surface area (Å²) in [6.07, 6.45) is 1.15. The van der Waals surface area contributed by atoms with E-state index in [1.807, 2.05) is 0 Å². The Morgan fingerprint density at radius 3 is 2.95 bits per heavy atom. The van der Waals surface area contributed by atoms with Crippen LogP contribution >= 0.6 is 0 Å². The first-order valence-corrected chi connectivity index (χ1v) is 5.29. The Labute approximate surface area is 107 Å². The molecule has 9 nitrogen and oxygen atoms in total. The summed E-state index contributed by atoms with van der Waals surface area (Å²) in [6, 6.07) is 0.962. The summed E-state index contributed by atoms with van der Waals surface area (Å²) in [4.78, 5) is 28.9. The van der Waals surface area contributed by atoms with Gasteiger partial charge >= 0.3 is 12.0 Å². The quantitative estimate of drug-likeness (QED) is 0.643. The summed E-state index contributed by atoms with van der Waals surface area (Å²) in [6.45, 7) is 1.77. The van der Waals surface area contributed by atoms with Crippen molar-refractivity contribution in [2.24, 2.45) is 0 Å². The summed E-state index contributed by atoms with van der Waals surface area (Å²) in [5, 5.41) is 17.3. The molecule has 2 aromatic heterocycles. The summed E-state index contributed by atoms with van der Waals surface area (Å²) >= 11 is 0. The molecular formula is C10H11N5O4. The number of hydrogen-bond donors (Lipinski definition) is 4. The lowest BCUT2D eigenvalue weighted by molar-refractivity contribution is 0.0692. The molecular weight excluding hydrogens is 254 g/mol. The van der Waals surface area contributed by atoms with Crippen LogP contribution in [0.15, 0.2) is 17.0 Å². The average molecular weight is 265 g/mol. The van der Waals surface area contributed by atoms with Gasteiger partial charge in [-0.15, -0.1) is 0 Å². The number of nitrogens with one attached hydrogen (secondary N) is 3. The number of carbonyl (C=O) groups excluding carboxylic acids is 1. The van der Waals surface area contributed by atoms with Gasteiger partial charge in [0.25, 0.3) is 0 Å². The number of amides is 2. The number of urea groups is 1. The van der Waals surface area contributed by atoms with Crippen LogP contribution in [0.4, 0.5) is 10.5 Å². The molecule has 0 aliphatic rings. The molecule has 2 aromatic rings. The maximum atomic E-state index is 11.6. The minimum atomic E-state index is -1.15. The number of rotatable bonds is 4. The zero-order valence-electron chi connectivity index (χ0n) is 9.93. The number of aromatic amines is 1. The van der Waals surface area contributed by atoms with Crippen LogP contribution in [0.25, 0.3) is 0 Å². The van der Waals surface area contributed by atoms with Gasteiger partial charge in [0.2, 0.25) is 6.39 Å². The average Bonchev–Trinajstić information content (AvgIpc) is 2.96. The Morgan fingerprint density at radius 2 is 2.32 bits per heavy atom. The topological polar surface area (TPSA) is 133 Å². The van der Waals surface area contributed by atoms with Crippen LogP contribution in [0.3, 0.4) is 0 Å². The molecule has 0 aliphatic carbocycles. The molecule has 0 bridgehead atoms. The SMILES string of the molecule is Cc1cc(NC(=O)NCc2ncon2)c(C(=O)O)[nH]1. The molecule has 0 atom stereocenters. The lowest BCUT2D eigenvalue weighted by atomic mass is 10.3. The van der Waals surface area contributed by atoms with Crippen molar-refractivity contribution in [1.82, 2.24) is 20.4 Å². The number of H-pyrrole nitrogens is 1. The second-order valence-corrected chi connectivity index (χ2v) is 3.70. The van der Waals surface area contributed by atoms with Crippen molar-refractivity contribution in [3.8, 4) is 0 Å². The smallest absolute Gasteiger partial charge is 0.354 e. The minimum absolute atomic E-state index is 0.0767. The second-order valence-electron chi connectivity index (χ2n) is 3.70. The Balaban J connectivity index is 1.97. The van der Waals surface area contributed by atoms with Crippen molar-refractivity contribution in [2.75, 3.05) is 5.32 Å². The molecule has 0 saturated carbocycles. The van der Waals surface area contributed by atoms with E-state index in [0.29, 0.717) is 11.5 Å². The first kappa shape index (κ1) is 12.6. The van der Waals surface area contributed by atoms with Gasteiger partial charge in [0.05, 0.1) is 12.2 Å². The van der Waals surface area contributed by atoms with Gasteiger partial charge in [0.1, 0.15) is 5.69 Å². The lowest BCUT2D eigenvalue weighted by Gasteiger charge is -2.04. The molecule has 0 unspecified atom stereocenters. The maximum Gasteiger partial charge on any atom is 0.354 e. The van der Waals surface area contributed by atoms with Crippen LogP contribution in [0.5, 0.6) is 0 Å². The molecule has 0 aliphatic heterocycles. The van der Waals surface area contributed by atoms with E-state index in [1.54, 1.807) is 6.92 Å². The third-order valence-electron chi connectivity index (χ3n) is 2.23. The van der Waals surface area contributed by atoms with Gasteiger partial charge in [-0.3, -0.25) is 0 Å². The maximum absolute atomic E-state index is 11.6. The van der Waals surface area contributed by atoms with Crippen molar-refractivity contribution in [1.29, 1.82) is 0 Å².